The zero-order valence-electron chi connectivity index (χ0n) is 16.1. The Hall–Kier alpha value is -3.61. The van der Waals surface area contributed by atoms with Gasteiger partial charge in [-0.15, -0.1) is 0 Å². The summed E-state index contributed by atoms with van der Waals surface area (Å²) in [5.41, 5.74) is 2.73. The van der Waals surface area contributed by atoms with Gasteiger partial charge in [0.05, 0.1) is 6.04 Å². The normalized spacial score (nSPS) is 16.9. The van der Waals surface area contributed by atoms with Crippen LogP contribution in [0.15, 0.2) is 65.6 Å². The number of carbonyl (C=O) groups excluding carboxylic acids is 2. The maximum absolute atomic E-state index is 13.0. The Morgan fingerprint density at radius 1 is 1.07 bits per heavy atom. The van der Waals surface area contributed by atoms with Crippen molar-refractivity contribution in [3.63, 3.8) is 0 Å². The van der Waals surface area contributed by atoms with Crippen molar-refractivity contribution in [2.24, 2.45) is 0 Å². The van der Waals surface area contributed by atoms with Crippen molar-refractivity contribution in [1.82, 2.24) is 14.9 Å². The molecule has 1 atom stereocenters. The van der Waals surface area contributed by atoms with Gasteiger partial charge >= 0.3 is 5.69 Å². The molecule has 2 amide bonds. The first-order chi connectivity index (χ1) is 14.0. The van der Waals surface area contributed by atoms with E-state index in [-0.39, 0.29) is 30.1 Å². The van der Waals surface area contributed by atoms with Gasteiger partial charge < -0.3 is 19.8 Å². The second kappa shape index (κ2) is 7.79. The summed E-state index contributed by atoms with van der Waals surface area (Å²) >= 11 is 0. The molecule has 2 heterocycles. The summed E-state index contributed by atoms with van der Waals surface area (Å²) in [4.78, 5) is 45.5. The van der Waals surface area contributed by atoms with E-state index in [1.165, 1.54) is 6.20 Å². The number of hydrogen-bond acceptors (Lipinski definition) is 3. The molecule has 0 bridgehead atoms. The molecule has 0 unspecified atom stereocenters. The molecule has 1 aliphatic rings. The van der Waals surface area contributed by atoms with Gasteiger partial charge in [0, 0.05) is 18.4 Å². The molecule has 4 rings (SSSR count). The van der Waals surface area contributed by atoms with Gasteiger partial charge in [-0.3, -0.25) is 9.59 Å². The number of hydrogen-bond donors (Lipinski definition) is 2. The molecule has 0 saturated carbocycles. The summed E-state index contributed by atoms with van der Waals surface area (Å²) in [5.74, 6) is -0.509. The summed E-state index contributed by atoms with van der Waals surface area (Å²) in [7, 11) is 0. The first-order valence-corrected chi connectivity index (χ1v) is 9.51. The molecule has 1 aliphatic heterocycles. The zero-order chi connectivity index (χ0) is 20.4. The van der Waals surface area contributed by atoms with E-state index >= 15 is 0 Å². The molecule has 7 nitrogen and oxygen atoms in total. The standard InChI is InChI=1S/C22H22N4O3/c1-15-7-9-17(10-8-15)25-13-18(11-16-5-3-2-4-6-16)26(14-20(25)27)21(28)19-12-23-22(29)24-19/h2-10,12,18H,11,13-14H2,1H3,(H2,23,24,29)/t18-/m0/s1. The summed E-state index contributed by atoms with van der Waals surface area (Å²) in [6.45, 7) is 2.34. The third kappa shape index (κ3) is 3.99. The quantitative estimate of drug-likeness (QED) is 0.715. The summed E-state index contributed by atoms with van der Waals surface area (Å²) < 4.78 is 0. The van der Waals surface area contributed by atoms with Gasteiger partial charge in [0.1, 0.15) is 12.2 Å². The molecule has 2 N–H and O–H groups in total. The molecular formula is C22H22N4O3. The topological polar surface area (TPSA) is 89.3 Å². The monoisotopic (exact) mass is 390 g/mol. The van der Waals surface area contributed by atoms with Crippen LogP contribution in [0.4, 0.5) is 5.69 Å². The molecule has 29 heavy (non-hydrogen) atoms. The van der Waals surface area contributed by atoms with Crippen LogP contribution in [0.1, 0.15) is 21.6 Å². The minimum absolute atomic E-state index is 0.0442. The molecule has 1 fully saturated rings. The van der Waals surface area contributed by atoms with Gasteiger partial charge in [-0.2, -0.15) is 0 Å². The van der Waals surface area contributed by atoms with Crippen LogP contribution < -0.4 is 10.6 Å². The third-order valence-corrected chi connectivity index (χ3v) is 5.19. The summed E-state index contributed by atoms with van der Waals surface area (Å²) in [6.07, 6.45) is 1.96. The SMILES string of the molecule is Cc1ccc(N2C[C@H](Cc3ccccc3)N(C(=O)c3c[nH]c(=O)[nH]3)CC2=O)cc1. The Balaban J connectivity index is 1.64. The van der Waals surface area contributed by atoms with E-state index in [4.69, 9.17) is 0 Å². The fourth-order valence-corrected chi connectivity index (χ4v) is 3.65. The number of H-pyrrole nitrogens is 2. The maximum Gasteiger partial charge on any atom is 0.323 e. The number of carbonyl (C=O) groups is 2. The number of anilines is 1. The van der Waals surface area contributed by atoms with E-state index in [0.29, 0.717) is 13.0 Å². The second-order valence-electron chi connectivity index (χ2n) is 7.27. The molecule has 1 aromatic heterocycles. The molecule has 0 spiro atoms. The number of nitrogens with one attached hydrogen (secondary N) is 2. The molecule has 3 aromatic rings. The van der Waals surface area contributed by atoms with Crippen molar-refractivity contribution < 1.29 is 9.59 Å². The van der Waals surface area contributed by atoms with Gasteiger partial charge in [0.25, 0.3) is 5.91 Å². The molecule has 7 heteroatoms. The van der Waals surface area contributed by atoms with Crippen molar-refractivity contribution in [3.8, 4) is 0 Å². The Morgan fingerprint density at radius 3 is 2.45 bits per heavy atom. The number of aromatic amines is 2. The maximum atomic E-state index is 13.0. The number of aromatic nitrogens is 2. The van der Waals surface area contributed by atoms with Crippen molar-refractivity contribution in [2.45, 2.75) is 19.4 Å². The fraction of sp³-hybridized carbons (Fsp3) is 0.227. The Morgan fingerprint density at radius 2 is 1.79 bits per heavy atom. The van der Waals surface area contributed by atoms with Gasteiger partial charge in [-0.05, 0) is 31.0 Å². The number of benzene rings is 2. The van der Waals surface area contributed by atoms with E-state index < -0.39 is 5.69 Å². The highest BCUT2D eigenvalue weighted by atomic mass is 16.2. The number of rotatable bonds is 4. The lowest BCUT2D eigenvalue weighted by atomic mass is 10.0. The van der Waals surface area contributed by atoms with E-state index in [9.17, 15) is 14.4 Å². The molecule has 2 aromatic carbocycles. The summed E-state index contributed by atoms with van der Waals surface area (Å²) in [5, 5.41) is 0. The van der Waals surface area contributed by atoms with Gasteiger partial charge in [-0.1, -0.05) is 48.0 Å². The largest absolute Gasteiger partial charge is 0.323 e. The first-order valence-electron chi connectivity index (χ1n) is 9.51. The van der Waals surface area contributed by atoms with Crippen LogP contribution in [0.2, 0.25) is 0 Å². The van der Waals surface area contributed by atoms with Crippen LogP contribution in [0, 0.1) is 6.92 Å². The first kappa shape index (κ1) is 18.7. The molecule has 1 saturated heterocycles. The van der Waals surface area contributed by atoms with Crippen molar-refractivity contribution in [2.75, 3.05) is 18.0 Å². The predicted molar refractivity (Wildman–Crippen MR) is 110 cm³/mol. The smallest absolute Gasteiger partial charge is 0.323 e. The predicted octanol–water partition coefficient (Wildman–Crippen LogP) is 2.11. The van der Waals surface area contributed by atoms with E-state index in [1.54, 1.807) is 9.80 Å². The van der Waals surface area contributed by atoms with Crippen LogP contribution in [0.5, 0.6) is 0 Å². The Labute approximate surface area is 168 Å². The number of imidazole rings is 1. The van der Waals surface area contributed by atoms with Gasteiger partial charge in [-0.25, -0.2) is 4.79 Å². The van der Waals surface area contributed by atoms with Crippen LogP contribution in [-0.2, 0) is 11.2 Å². The molecule has 148 valence electrons. The van der Waals surface area contributed by atoms with Crippen molar-refractivity contribution in [1.29, 1.82) is 0 Å². The number of amides is 2. The van der Waals surface area contributed by atoms with Crippen LogP contribution in [-0.4, -0.2) is 45.8 Å². The van der Waals surface area contributed by atoms with Gasteiger partial charge in [0.2, 0.25) is 5.91 Å². The number of aryl methyl sites for hydroxylation is 1. The van der Waals surface area contributed by atoms with Gasteiger partial charge in [0.15, 0.2) is 0 Å². The Bertz CT molecular complexity index is 1070. The Kier molecular flexibility index (Phi) is 5.03. The van der Waals surface area contributed by atoms with Crippen LogP contribution in [0.3, 0.4) is 0 Å². The highest BCUT2D eigenvalue weighted by molar-refractivity contribution is 6.01. The van der Waals surface area contributed by atoms with Crippen molar-refractivity contribution >= 4 is 17.5 Å². The zero-order valence-corrected chi connectivity index (χ0v) is 16.1. The lowest BCUT2D eigenvalue weighted by Crippen LogP contribution is -2.59. The second-order valence-corrected chi connectivity index (χ2v) is 7.27. The van der Waals surface area contributed by atoms with E-state index in [0.717, 1.165) is 16.8 Å². The highest BCUT2D eigenvalue weighted by Crippen LogP contribution is 2.23. The number of piperazine rings is 1. The third-order valence-electron chi connectivity index (χ3n) is 5.19. The average Bonchev–Trinajstić information content (AvgIpc) is 3.16. The van der Waals surface area contributed by atoms with E-state index in [1.807, 2.05) is 61.5 Å². The van der Waals surface area contributed by atoms with Crippen LogP contribution >= 0.6 is 0 Å². The van der Waals surface area contributed by atoms with E-state index in [2.05, 4.69) is 9.97 Å². The van der Waals surface area contributed by atoms with Crippen LogP contribution in [0.25, 0.3) is 0 Å². The molecule has 0 radical (unpaired) electrons. The fourth-order valence-electron chi connectivity index (χ4n) is 3.65. The minimum atomic E-state index is -0.447. The average molecular weight is 390 g/mol. The lowest BCUT2D eigenvalue weighted by Gasteiger charge is -2.41. The van der Waals surface area contributed by atoms with Crippen molar-refractivity contribution in [3.05, 3.63) is 88.1 Å². The lowest BCUT2D eigenvalue weighted by molar-refractivity contribution is -0.121. The minimum Gasteiger partial charge on any atom is -0.323 e. The summed E-state index contributed by atoms with van der Waals surface area (Å²) in [6, 6.07) is 17.4. The number of nitrogens with zero attached hydrogens (tertiary/aromatic N) is 2. The molecule has 0 aliphatic carbocycles. The molecular weight excluding hydrogens is 368 g/mol. The highest BCUT2D eigenvalue weighted by Gasteiger charge is 2.36.